The standard InChI is InChI=1S/C13H16N2O4/c1-18-10-5-3-4-9(11(10)19-2)13(17)15-14-12(16)8-6-7-8/h3-5,8H,6-7H2,1-2H3,(H,14,16)(H,15,17). The molecule has 0 heterocycles. The lowest BCUT2D eigenvalue weighted by Crippen LogP contribution is -2.42. The van der Waals surface area contributed by atoms with Crippen molar-refractivity contribution >= 4 is 11.8 Å². The molecule has 2 N–H and O–H groups in total. The van der Waals surface area contributed by atoms with Crippen LogP contribution in [0.4, 0.5) is 0 Å². The maximum Gasteiger partial charge on any atom is 0.273 e. The highest BCUT2D eigenvalue weighted by Crippen LogP contribution is 2.30. The van der Waals surface area contributed by atoms with Crippen molar-refractivity contribution in [1.29, 1.82) is 0 Å². The lowest BCUT2D eigenvalue weighted by Gasteiger charge is -2.12. The molecule has 1 saturated carbocycles. The maximum atomic E-state index is 12.0. The minimum Gasteiger partial charge on any atom is -0.493 e. The number of hydrogen-bond donors (Lipinski definition) is 2. The third kappa shape index (κ3) is 2.96. The average Bonchev–Trinajstić information content (AvgIpc) is 3.27. The molecule has 0 radical (unpaired) electrons. The number of hydrogen-bond acceptors (Lipinski definition) is 4. The third-order valence-electron chi connectivity index (χ3n) is 2.89. The summed E-state index contributed by atoms with van der Waals surface area (Å²) in [6, 6.07) is 4.97. The Morgan fingerprint density at radius 3 is 2.47 bits per heavy atom. The second-order valence-corrected chi connectivity index (χ2v) is 4.26. The van der Waals surface area contributed by atoms with Gasteiger partial charge in [-0.05, 0) is 25.0 Å². The van der Waals surface area contributed by atoms with E-state index in [-0.39, 0.29) is 11.8 Å². The number of rotatable bonds is 4. The zero-order valence-electron chi connectivity index (χ0n) is 10.9. The van der Waals surface area contributed by atoms with Gasteiger partial charge in [-0.3, -0.25) is 20.4 Å². The lowest BCUT2D eigenvalue weighted by atomic mass is 10.2. The van der Waals surface area contributed by atoms with E-state index in [0.29, 0.717) is 17.1 Å². The summed E-state index contributed by atoms with van der Waals surface area (Å²) in [7, 11) is 2.95. The molecule has 0 unspecified atom stereocenters. The fraction of sp³-hybridized carbons (Fsp3) is 0.385. The van der Waals surface area contributed by atoms with Crippen LogP contribution in [-0.4, -0.2) is 26.0 Å². The van der Waals surface area contributed by atoms with Gasteiger partial charge in [-0.15, -0.1) is 0 Å². The third-order valence-corrected chi connectivity index (χ3v) is 2.89. The summed E-state index contributed by atoms with van der Waals surface area (Å²) in [5.41, 5.74) is 5.07. The number of para-hydroxylation sites is 1. The highest BCUT2D eigenvalue weighted by Gasteiger charge is 2.30. The Morgan fingerprint density at radius 2 is 1.89 bits per heavy atom. The van der Waals surface area contributed by atoms with E-state index in [2.05, 4.69) is 10.9 Å². The number of nitrogens with one attached hydrogen (secondary N) is 2. The first-order valence-electron chi connectivity index (χ1n) is 5.98. The van der Waals surface area contributed by atoms with E-state index in [1.165, 1.54) is 14.2 Å². The largest absolute Gasteiger partial charge is 0.493 e. The molecule has 1 fully saturated rings. The van der Waals surface area contributed by atoms with E-state index in [1.807, 2.05) is 0 Å². The molecule has 2 amide bonds. The number of hydrazine groups is 1. The highest BCUT2D eigenvalue weighted by atomic mass is 16.5. The summed E-state index contributed by atoms with van der Waals surface area (Å²) in [5.74, 6) is 0.235. The molecule has 0 bridgehead atoms. The second-order valence-electron chi connectivity index (χ2n) is 4.26. The minimum atomic E-state index is -0.440. The van der Waals surface area contributed by atoms with Crippen LogP contribution in [0.5, 0.6) is 11.5 Å². The normalized spacial score (nSPS) is 13.6. The SMILES string of the molecule is COc1cccc(C(=O)NNC(=O)C2CC2)c1OC. The van der Waals surface area contributed by atoms with Crippen LogP contribution in [0.3, 0.4) is 0 Å². The van der Waals surface area contributed by atoms with Gasteiger partial charge in [-0.2, -0.15) is 0 Å². The van der Waals surface area contributed by atoms with Gasteiger partial charge in [0.1, 0.15) is 0 Å². The van der Waals surface area contributed by atoms with Gasteiger partial charge in [0.2, 0.25) is 5.91 Å². The first-order valence-corrected chi connectivity index (χ1v) is 5.98. The van der Waals surface area contributed by atoms with Crippen molar-refractivity contribution in [3.05, 3.63) is 23.8 Å². The summed E-state index contributed by atoms with van der Waals surface area (Å²) < 4.78 is 10.3. The van der Waals surface area contributed by atoms with Crippen molar-refractivity contribution in [2.45, 2.75) is 12.8 Å². The van der Waals surface area contributed by atoms with Gasteiger partial charge in [0.25, 0.3) is 5.91 Å². The van der Waals surface area contributed by atoms with Gasteiger partial charge in [0, 0.05) is 5.92 Å². The molecule has 1 aliphatic rings. The van der Waals surface area contributed by atoms with Crippen molar-refractivity contribution in [3.8, 4) is 11.5 Å². The van der Waals surface area contributed by atoms with Gasteiger partial charge in [0.15, 0.2) is 11.5 Å². The smallest absolute Gasteiger partial charge is 0.273 e. The summed E-state index contributed by atoms with van der Waals surface area (Å²) in [6.45, 7) is 0. The first-order chi connectivity index (χ1) is 9.17. The summed E-state index contributed by atoms with van der Waals surface area (Å²) in [4.78, 5) is 23.4. The van der Waals surface area contributed by atoms with E-state index in [4.69, 9.17) is 9.47 Å². The molecule has 0 saturated heterocycles. The molecule has 0 aliphatic heterocycles. The Labute approximate surface area is 111 Å². The Balaban J connectivity index is 2.07. The van der Waals surface area contributed by atoms with Crippen LogP contribution >= 0.6 is 0 Å². The molecule has 2 rings (SSSR count). The molecular formula is C13H16N2O4. The van der Waals surface area contributed by atoms with Crippen molar-refractivity contribution in [3.63, 3.8) is 0 Å². The Kier molecular flexibility index (Phi) is 3.89. The topological polar surface area (TPSA) is 76.7 Å². The average molecular weight is 264 g/mol. The number of benzene rings is 1. The number of carbonyl (C=O) groups excluding carboxylic acids is 2. The van der Waals surface area contributed by atoms with Gasteiger partial charge in [-0.25, -0.2) is 0 Å². The summed E-state index contributed by atoms with van der Waals surface area (Å²) >= 11 is 0. The predicted octanol–water partition coefficient (Wildman–Crippen LogP) is 0.875. The van der Waals surface area contributed by atoms with Gasteiger partial charge in [-0.1, -0.05) is 6.07 Å². The molecule has 1 aromatic rings. The molecule has 19 heavy (non-hydrogen) atoms. The lowest BCUT2D eigenvalue weighted by molar-refractivity contribution is -0.123. The van der Waals surface area contributed by atoms with E-state index in [1.54, 1.807) is 18.2 Å². The van der Waals surface area contributed by atoms with Crippen molar-refractivity contribution in [2.75, 3.05) is 14.2 Å². The Morgan fingerprint density at radius 1 is 1.16 bits per heavy atom. The Bertz CT molecular complexity index is 497. The van der Waals surface area contributed by atoms with Gasteiger partial charge >= 0.3 is 0 Å². The zero-order valence-corrected chi connectivity index (χ0v) is 10.9. The molecule has 1 aliphatic carbocycles. The molecule has 0 aromatic heterocycles. The van der Waals surface area contributed by atoms with Crippen LogP contribution in [-0.2, 0) is 4.79 Å². The molecule has 6 heteroatoms. The maximum absolute atomic E-state index is 12.0. The first kappa shape index (κ1) is 13.2. The molecule has 0 spiro atoms. The van der Waals surface area contributed by atoms with Gasteiger partial charge in [0.05, 0.1) is 19.8 Å². The van der Waals surface area contributed by atoms with Crippen LogP contribution in [0.15, 0.2) is 18.2 Å². The van der Waals surface area contributed by atoms with E-state index in [0.717, 1.165) is 12.8 Å². The fourth-order valence-corrected chi connectivity index (χ4v) is 1.70. The fourth-order valence-electron chi connectivity index (χ4n) is 1.70. The highest BCUT2D eigenvalue weighted by molar-refractivity contribution is 5.98. The molecule has 6 nitrogen and oxygen atoms in total. The van der Waals surface area contributed by atoms with Crippen LogP contribution < -0.4 is 20.3 Å². The molecule has 0 atom stereocenters. The predicted molar refractivity (Wildman–Crippen MR) is 67.9 cm³/mol. The van der Waals surface area contributed by atoms with Crippen LogP contribution in [0.1, 0.15) is 23.2 Å². The van der Waals surface area contributed by atoms with Crippen LogP contribution in [0.25, 0.3) is 0 Å². The van der Waals surface area contributed by atoms with Crippen molar-refractivity contribution in [2.24, 2.45) is 5.92 Å². The van der Waals surface area contributed by atoms with Crippen molar-refractivity contribution < 1.29 is 19.1 Å². The van der Waals surface area contributed by atoms with Crippen LogP contribution in [0.2, 0.25) is 0 Å². The zero-order chi connectivity index (χ0) is 13.8. The summed E-state index contributed by atoms with van der Waals surface area (Å²) in [5, 5.41) is 0. The van der Waals surface area contributed by atoms with Crippen molar-refractivity contribution in [1.82, 2.24) is 10.9 Å². The quantitative estimate of drug-likeness (QED) is 0.791. The van der Waals surface area contributed by atoms with Gasteiger partial charge < -0.3 is 9.47 Å². The molecule has 102 valence electrons. The summed E-state index contributed by atoms with van der Waals surface area (Å²) in [6.07, 6.45) is 1.76. The van der Waals surface area contributed by atoms with E-state index >= 15 is 0 Å². The number of methoxy groups -OCH3 is 2. The van der Waals surface area contributed by atoms with E-state index in [9.17, 15) is 9.59 Å². The molecular weight excluding hydrogens is 248 g/mol. The van der Waals surface area contributed by atoms with Crippen LogP contribution in [0, 0.1) is 5.92 Å². The Hall–Kier alpha value is -2.24. The number of carbonyl (C=O) groups is 2. The minimum absolute atomic E-state index is 0.0347. The number of amides is 2. The van der Waals surface area contributed by atoms with E-state index < -0.39 is 5.91 Å². The molecule has 1 aromatic carbocycles. The number of ether oxygens (including phenoxy) is 2. The monoisotopic (exact) mass is 264 g/mol. The second kappa shape index (κ2) is 5.60.